The minimum Gasteiger partial charge on any atom is -0.480 e. The molecule has 0 aromatic heterocycles. The molecule has 0 fully saturated rings. The molecule has 0 aliphatic rings. The summed E-state index contributed by atoms with van der Waals surface area (Å²) >= 11 is 5.60. The summed E-state index contributed by atoms with van der Waals surface area (Å²) in [5.41, 5.74) is 1.28. The standard InChI is InChI=1S/C15H13ClFNO2/c16-12-7-6-10(8-13(12)17)9-18-14(15(19)20)11-4-2-1-3-5-11/h1-8,14,18H,9H2,(H,19,20). The first-order valence-electron chi connectivity index (χ1n) is 6.03. The van der Waals surface area contributed by atoms with Gasteiger partial charge in [0.15, 0.2) is 0 Å². The summed E-state index contributed by atoms with van der Waals surface area (Å²) < 4.78 is 13.3. The second-order valence-corrected chi connectivity index (χ2v) is 4.72. The molecule has 0 radical (unpaired) electrons. The molecular formula is C15H13ClFNO2. The summed E-state index contributed by atoms with van der Waals surface area (Å²) in [4.78, 5) is 11.3. The Bertz CT molecular complexity index is 604. The van der Waals surface area contributed by atoms with E-state index in [0.29, 0.717) is 11.1 Å². The molecule has 2 aromatic rings. The fraction of sp³-hybridized carbons (Fsp3) is 0.133. The van der Waals surface area contributed by atoms with E-state index in [9.17, 15) is 14.3 Å². The minimum absolute atomic E-state index is 0.0478. The summed E-state index contributed by atoms with van der Waals surface area (Å²) in [5, 5.41) is 12.2. The number of aliphatic carboxylic acids is 1. The van der Waals surface area contributed by atoms with Crippen molar-refractivity contribution >= 4 is 17.6 Å². The third kappa shape index (κ3) is 3.56. The number of carboxylic acids is 1. The Balaban J connectivity index is 2.10. The first-order valence-corrected chi connectivity index (χ1v) is 6.41. The quantitative estimate of drug-likeness (QED) is 0.888. The topological polar surface area (TPSA) is 49.3 Å². The van der Waals surface area contributed by atoms with Gasteiger partial charge in [0.1, 0.15) is 11.9 Å². The van der Waals surface area contributed by atoms with Crippen LogP contribution < -0.4 is 5.32 Å². The number of nitrogens with one attached hydrogen (secondary N) is 1. The molecule has 0 aliphatic heterocycles. The zero-order valence-electron chi connectivity index (χ0n) is 10.5. The molecule has 0 aliphatic carbocycles. The van der Waals surface area contributed by atoms with E-state index in [1.807, 2.05) is 6.07 Å². The lowest BCUT2D eigenvalue weighted by molar-refractivity contribution is -0.139. The molecule has 1 unspecified atom stereocenters. The largest absolute Gasteiger partial charge is 0.480 e. The Morgan fingerprint density at radius 2 is 1.95 bits per heavy atom. The van der Waals surface area contributed by atoms with Gasteiger partial charge in [0.25, 0.3) is 0 Å². The van der Waals surface area contributed by atoms with Crippen molar-refractivity contribution in [3.8, 4) is 0 Å². The van der Waals surface area contributed by atoms with Gasteiger partial charge >= 0.3 is 5.97 Å². The van der Waals surface area contributed by atoms with Crippen LogP contribution in [0.15, 0.2) is 48.5 Å². The van der Waals surface area contributed by atoms with Crippen LogP contribution in [0.2, 0.25) is 5.02 Å². The van der Waals surface area contributed by atoms with Gasteiger partial charge in [-0.1, -0.05) is 48.0 Å². The predicted molar refractivity (Wildman–Crippen MR) is 75.1 cm³/mol. The van der Waals surface area contributed by atoms with Crippen molar-refractivity contribution in [3.63, 3.8) is 0 Å². The van der Waals surface area contributed by atoms with Crippen molar-refractivity contribution < 1.29 is 14.3 Å². The van der Waals surface area contributed by atoms with Gasteiger partial charge in [0.2, 0.25) is 0 Å². The second kappa shape index (κ2) is 6.50. The summed E-state index contributed by atoms with van der Waals surface area (Å²) in [6, 6.07) is 12.4. The van der Waals surface area contributed by atoms with Crippen LogP contribution in [0.3, 0.4) is 0 Å². The highest BCUT2D eigenvalue weighted by atomic mass is 35.5. The molecule has 0 saturated carbocycles. The average Bonchev–Trinajstić information content (AvgIpc) is 2.44. The van der Waals surface area contributed by atoms with E-state index in [1.54, 1.807) is 30.3 Å². The van der Waals surface area contributed by atoms with Gasteiger partial charge in [-0.25, -0.2) is 4.39 Å². The summed E-state index contributed by atoms with van der Waals surface area (Å²) in [7, 11) is 0. The second-order valence-electron chi connectivity index (χ2n) is 4.31. The van der Waals surface area contributed by atoms with Gasteiger partial charge in [0, 0.05) is 6.54 Å². The van der Waals surface area contributed by atoms with Crippen LogP contribution in [0, 0.1) is 5.82 Å². The number of carboxylic acid groups (broad SMARTS) is 1. The third-order valence-corrected chi connectivity index (χ3v) is 3.18. The summed E-state index contributed by atoms with van der Waals surface area (Å²) in [6.07, 6.45) is 0. The van der Waals surface area contributed by atoms with Crippen LogP contribution in [0.4, 0.5) is 4.39 Å². The molecule has 0 bridgehead atoms. The van der Waals surface area contributed by atoms with Gasteiger partial charge in [0.05, 0.1) is 5.02 Å². The normalized spacial score (nSPS) is 12.1. The highest BCUT2D eigenvalue weighted by Crippen LogP contribution is 2.17. The van der Waals surface area contributed by atoms with Crippen molar-refractivity contribution in [1.29, 1.82) is 0 Å². The lowest BCUT2D eigenvalue weighted by Gasteiger charge is -2.15. The van der Waals surface area contributed by atoms with Gasteiger partial charge in [-0.2, -0.15) is 0 Å². The Kier molecular flexibility index (Phi) is 4.71. The Morgan fingerprint density at radius 3 is 2.55 bits per heavy atom. The molecule has 2 N–H and O–H groups in total. The number of halogens is 2. The summed E-state index contributed by atoms with van der Waals surface area (Å²) in [5.74, 6) is -1.50. The van der Waals surface area contributed by atoms with Crippen molar-refractivity contribution in [2.75, 3.05) is 0 Å². The number of hydrogen-bond acceptors (Lipinski definition) is 2. The van der Waals surface area contributed by atoms with Crippen molar-refractivity contribution in [3.05, 3.63) is 70.5 Å². The summed E-state index contributed by atoms with van der Waals surface area (Å²) in [6.45, 7) is 0.236. The van der Waals surface area contributed by atoms with Crippen LogP contribution in [0.1, 0.15) is 17.2 Å². The molecule has 3 nitrogen and oxygen atoms in total. The fourth-order valence-corrected chi connectivity index (χ4v) is 1.98. The van der Waals surface area contributed by atoms with Crippen molar-refractivity contribution in [2.45, 2.75) is 12.6 Å². The maximum absolute atomic E-state index is 13.3. The zero-order chi connectivity index (χ0) is 14.5. The Hall–Kier alpha value is -1.91. The molecule has 0 spiro atoms. The number of benzene rings is 2. The average molecular weight is 294 g/mol. The molecule has 0 heterocycles. The van der Waals surface area contributed by atoms with Gasteiger partial charge in [-0.05, 0) is 23.3 Å². The smallest absolute Gasteiger partial charge is 0.325 e. The van der Waals surface area contributed by atoms with Crippen molar-refractivity contribution in [2.24, 2.45) is 0 Å². The van der Waals surface area contributed by atoms with Gasteiger partial charge in [-0.15, -0.1) is 0 Å². The number of carbonyl (C=O) groups is 1. The first-order chi connectivity index (χ1) is 9.58. The van der Waals surface area contributed by atoms with Crippen molar-refractivity contribution in [1.82, 2.24) is 5.32 Å². The fourth-order valence-electron chi connectivity index (χ4n) is 1.86. The molecule has 0 amide bonds. The van der Waals surface area contributed by atoms with Crippen LogP contribution in [0.25, 0.3) is 0 Å². The van der Waals surface area contributed by atoms with E-state index in [4.69, 9.17) is 11.6 Å². The Morgan fingerprint density at radius 1 is 1.25 bits per heavy atom. The third-order valence-electron chi connectivity index (χ3n) is 2.87. The van der Waals surface area contributed by atoms with E-state index >= 15 is 0 Å². The molecule has 0 saturated heterocycles. The predicted octanol–water partition coefficient (Wildman–Crippen LogP) is 3.39. The first kappa shape index (κ1) is 14.5. The van der Waals surface area contributed by atoms with E-state index in [-0.39, 0.29) is 11.6 Å². The van der Waals surface area contributed by atoms with Gasteiger partial charge in [-0.3, -0.25) is 10.1 Å². The molecule has 104 valence electrons. The van der Waals surface area contributed by atoms with Crippen LogP contribution >= 0.6 is 11.6 Å². The zero-order valence-corrected chi connectivity index (χ0v) is 11.3. The highest BCUT2D eigenvalue weighted by molar-refractivity contribution is 6.30. The van der Waals surface area contributed by atoms with E-state index in [0.717, 1.165) is 0 Å². The van der Waals surface area contributed by atoms with Crippen LogP contribution in [0.5, 0.6) is 0 Å². The minimum atomic E-state index is -0.981. The lowest BCUT2D eigenvalue weighted by atomic mass is 10.1. The maximum atomic E-state index is 13.3. The van der Waals surface area contributed by atoms with Crippen LogP contribution in [-0.2, 0) is 11.3 Å². The monoisotopic (exact) mass is 293 g/mol. The molecule has 2 rings (SSSR count). The highest BCUT2D eigenvalue weighted by Gasteiger charge is 2.18. The Labute approximate surface area is 121 Å². The molecule has 1 atom stereocenters. The lowest BCUT2D eigenvalue weighted by Crippen LogP contribution is -2.28. The molecule has 2 aromatic carbocycles. The van der Waals surface area contributed by atoms with E-state index < -0.39 is 17.8 Å². The van der Waals surface area contributed by atoms with E-state index in [1.165, 1.54) is 12.1 Å². The van der Waals surface area contributed by atoms with E-state index in [2.05, 4.69) is 5.32 Å². The van der Waals surface area contributed by atoms with Gasteiger partial charge < -0.3 is 5.11 Å². The molecule has 20 heavy (non-hydrogen) atoms. The SMILES string of the molecule is O=C(O)C(NCc1ccc(Cl)c(F)c1)c1ccccc1. The molecule has 5 heteroatoms. The molecular weight excluding hydrogens is 281 g/mol. The number of rotatable bonds is 5. The number of hydrogen-bond donors (Lipinski definition) is 2. The maximum Gasteiger partial charge on any atom is 0.325 e. The van der Waals surface area contributed by atoms with Crippen LogP contribution in [-0.4, -0.2) is 11.1 Å².